The first kappa shape index (κ1) is 24.2. The van der Waals surface area contributed by atoms with E-state index in [4.69, 9.17) is 55.6 Å². The Labute approximate surface area is 215 Å². The van der Waals surface area contributed by atoms with Crippen molar-refractivity contribution in [2.45, 2.75) is 6.61 Å². The van der Waals surface area contributed by atoms with Crippen molar-refractivity contribution in [3.63, 3.8) is 0 Å². The van der Waals surface area contributed by atoms with Crippen LogP contribution in [0.15, 0.2) is 82.3 Å². The van der Waals surface area contributed by atoms with Gasteiger partial charge >= 0.3 is 0 Å². The van der Waals surface area contributed by atoms with Crippen LogP contribution in [-0.4, -0.2) is 12.1 Å². The maximum atomic E-state index is 12.3. The maximum absolute atomic E-state index is 12.3. The number of furan rings is 1. The van der Waals surface area contributed by atoms with Gasteiger partial charge in [-0.05, 0) is 72.3 Å². The molecule has 172 valence electrons. The number of hydrogen-bond acceptors (Lipinski definition) is 4. The average Bonchev–Trinajstić information content (AvgIpc) is 3.28. The monoisotopic (exact) mass is 532 g/mol. The van der Waals surface area contributed by atoms with Gasteiger partial charge in [0, 0.05) is 16.1 Å². The summed E-state index contributed by atoms with van der Waals surface area (Å²) >= 11 is 24.1. The van der Waals surface area contributed by atoms with E-state index in [-0.39, 0.29) is 5.91 Å². The van der Waals surface area contributed by atoms with Gasteiger partial charge in [0.05, 0.1) is 21.3 Å². The standard InChI is InChI=1S/C25H16Cl4N2O3/c26-17-4-8-20(22(28)12-17)24-10-7-19(34-24)13-30-31-25(32)16-2-5-18(6-3-16)33-14-15-1-9-21(27)23(29)11-15/h1-13H,14H2,(H,31,32). The number of benzene rings is 3. The summed E-state index contributed by atoms with van der Waals surface area (Å²) in [5.41, 5.74) is 4.47. The van der Waals surface area contributed by atoms with Crippen LogP contribution >= 0.6 is 46.4 Å². The summed E-state index contributed by atoms with van der Waals surface area (Å²) in [6, 6.07) is 20.6. The van der Waals surface area contributed by atoms with Gasteiger partial charge in [-0.15, -0.1) is 0 Å². The second-order valence-corrected chi connectivity index (χ2v) is 8.74. The lowest BCUT2D eigenvalue weighted by Gasteiger charge is -2.08. The van der Waals surface area contributed by atoms with Crippen LogP contribution in [0.3, 0.4) is 0 Å². The molecule has 0 radical (unpaired) electrons. The fourth-order valence-corrected chi connectivity index (χ4v) is 3.80. The zero-order valence-corrected chi connectivity index (χ0v) is 20.4. The summed E-state index contributed by atoms with van der Waals surface area (Å²) < 4.78 is 11.4. The van der Waals surface area contributed by atoms with E-state index in [0.29, 0.717) is 55.1 Å². The number of nitrogens with one attached hydrogen (secondary N) is 1. The van der Waals surface area contributed by atoms with Crippen LogP contribution in [0.25, 0.3) is 11.3 Å². The molecule has 0 saturated heterocycles. The van der Waals surface area contributed by atoms with Gasteiger partial charge in [0.15, 0.2) is 0 Å². The minimum Gasteiger partial charge on any atom is -0.489 e. The molecule has 0 atom stereocenters. The molecular weight excluding hydrogens is 518 g/mol. The average molecular weight is 534 g/mol. The molecule has 5 nitrogen and oxygen atoms in total. The van der Waals surface area contributed by atoms with Gasteiger partial charge in [-0.2, -0.15) is 5.10 Å². The third kappa shape index (κ3) is 6.13. The molecule has 0 fully saturated rings. The molecule has 0 bridgehead atoms. The van der Waals surface area contributed by atoms with E-state index in [9.17, 15) is 4.79 Å². The highest BCUT2D eigenvalue weighted by atomic mass is 35.5. The molecule has 0 aliphatic rings. The number of amides is 1. The molecule has 1 N–H and O–H groups in total. The van der Waals surface area contributed by atoms with Gasteiger partial charge in [0.25, 0.3) is 5.91 Å². The number of nitrogens with zero attached hydrogens (tertiary/aromatic N) is 1. The first-order valence-electron chi connectivity index (χ1n) is 9.94. The summed E-state index contributed by atoms with van der Waals surface area (Å²) in [4.78, 5) is 12.3. The Morgan fingerprint density at radius 2 is 1.68 bits per heavy atom. The van der Waals surface area contributed by atoms with Gasteiger partial charge in [0.1, 0.15) is 23.9 Å². The zero-order chi connectivity index (χ0) is 24.1. The van der Waals surface area contributed by atoms with E-state index in [1.807, 2.05) is 6.07 Å². The highest BCUT2D eigenvalue weighted by Gasteiger charge is 2.09. The van der Waals surface area contributed by atoms with Crippen LogP contribution in [0.1, 0.15) is 21.7 Å². The Bertz CT molecular complexity index is 1350. The second kappa shape index (κ2) is 11.0. The van der Waals surface area contributed by atoms with E-state index in [1.165, 1.54) is 6.21 Å². The lowest BCUT2D eigenvalue weighted by Crippen LogP contribution is -2.17. The quantitative estimate of drug-likeness (QED) is 0.194. The van der Waals surface area contributed by atoms with Gasteiger partial charge < -0.3 is 9.15 Å². The Morgan fingerprint density at radius 1 is 0.882 bits per heavy atom. The summed E-state index contributed by atoms with van der Waals surface area (Å²) in [7, 11) is 0. The number of hydrogen-bond donors (Lipinski definition) is 1. The number of rotatable bonds is 7. The van der Waals surface area contributed by atoms with Crippen molar-refractivity contribution >= 4 is 58.5 Å². The summed E-state index contributed by atoms with van der Waals surface area (Å²) in [5, 5.41) is 5.92. The minimum atomic E-state index is -0.375. The molecule has 1 amide bonds. The van der Waals surface area contributed by atoms with Crippen molar-refractivity contribution in [3.05, 3.63) is 110 Å². The number of hydrazone groups is 1. The predicted molar refractivity (Wildman–Crippen MR) is 136 cm³/mol. The van der Waals surface area contributed by atoms with Gasteiger partial charge in [-0.25, -0.2) is 5.43 Å². The van der Waals surface area contributed by atoms with E-state index in [2.05, 4.69) is 10.5 Å². The van der Waals surface area contributed by atoms with E-state index >= 15 is 0 Å². The van der Waals surface area contributed by atoms with Gasteiger partial charge in [-0.3, -0.25) is 4.79 Å². The van der Waals surface area contributed by atoms with E-state index < -0.39 is 0 Å². The SMILES string of the molecule is O=C(NN=Cc1ccc(-c2ccc(Cl)cc2Cl)o1)c1ccc(OCc2ccc(Cl)c(Cl)c2)cc1. The normalized spacial score (nSPS) is 11.1. The number of carbonyl (C=O) groups is 1. The third-order valence-electron chi connectivity index (χ3n) is 4.69. The fourth-order valence-electron chi connectivity index (χ4n) is 2.97. The predicted octanol–water partition coefficient (Wildman–Crippen LogP) is 7.90. The van der Waals surface area contributed by atoms with Crippen LogP contribution in [0.4, 0.5) is 0 Å². The molecule has 0 saturated carbocycles. The minimum absolute atomic E-state index is 0.319. The Morgan fingerprint density at radius 3 is 2.41 bits per heavy atom. The van der Waals surface area contributed by atoms with E-state index in [1.54, 1.807) is 66.7 Å². The Balaban J connectivity index is 1.31. The number of carbonyl (C=O) groups excluding carboxylic acids is 1. The Hall–Kier alpha value is -2.96. The van der Waals surface area contributed by atoms with Gasteiger partial charge in [0.2, 0.25) is 0 Å². The Kier molecular flexibility index (Phi) is 7.80. The first-order chi connectivity index (χ1) is 16.4. The molecule has 1 aromatic heterocycles. The molecular formula is C25H16Cl4N2O3. The maximum Gasteiger partial charge on any atom is 0.271 e. The summed E-state index contributed by atoms with van der Waals surface area (Å²) in [6.45, 7) is 0.319. The van der Waals surface area contributed by atoms with Crippen molar-refractivity contribution in [1.82, 2.24) is 5.43 Å². The molecule has 4 aromatic rings. The zero-order valence-electron chi connectivity index (χ0n) is 17.4. The topological polar surface area (TPSA) is 63.8 Å². The second-order valence-electron chi connectivity index (χ2n) is 7.09. The molecule has 1 heterocycles. The van der Waals surface area contributed by atoms with Gasteiger partial charge in [-0.1, -0.05) is 52.5 Å². The third-order valence-corrected chi connectivity index (χ3v) is 5.97. The molecule has 9 heteroatoms. The van der Waals surface area contributed by atoms with Crippen molar-refractivity contribution in [2.75, 3.05) is 0 Å². The van der Waals surface area contributed by atoms with Crippen LogP contribution in [-0.2, 0) is 6.61 Å². The molecule has 0 aliphatic carbocycles. The van der Waals surface area contributed by atoms with Crippen molar-refractivity contribution in [3.8, 4) is 17.1 Å². The van der Waals surface area contributed by atoms with Crippen LogP contribution < -0.4 is 10.2 Å². The molecule has 4 rings (SSSR count). The van der Waals surface area contributed by atoms with Crippen molar-refractivity contribution in [2.24, 2.45) is 5.10 Å². The van der Waals surface area contributed by atoms with Crippen LogP contribution in [0.2, 0.25) is 20.1 Å². The molecule has 34 heavy (non-hydrogen) atoms. The molecule has 0 unspecified atom stereocenters. The van der Waals surface area contributed by atoms with Crippen LogP contribution in [0.5, 0.6) is 5.75 Å². The van der Waals surface area contributed by atoms with Crippen molar-refractivity contribution < 1.29 is 13.9 Å². The summed E-state index contributed by atoms with van der Waals surface area (Å²) in [6.07, 6.45) is 1.40. The van der Waals surface area contributed by atoms with Crippen molar-refractivity contribution in [1.29, 1.82) is 0 Å². The first-order valence-corrected chi connectivity index (χ1v) is 11.5. The molecule has 0 spiro atoms. The van der Waals surface area contributed by atoms with E-state index in [0.717, 1.165) is 5.56 Å². The summed E-state index contributed by atoms with van der Waals surface area (Å²) in [5.74, 6) is 1.24. The molecule has 3 aromatic carbocycles. The van der Waals surface area contributed by atoms with Crippen LogP contribution in [0, 0.1) is 0 Å². The lowest BCUT2D eigenvalue weighted by atomic mass is 10.2. The number of ether oxygens (including phenoxy) is 1. The fraction of sp³-hybridized carbons (Fsp3) is 0.0400. The lowest BCUT2D eigenvalue weighted by molar-refractivity contribution is 0.0955. The smallest absolute Gasteiger partial charge is 0.271 e. The molecule has 0 aliphatic heterocycles. The number of halogens is 4. The highest BCUT2D eigenvalue weighted by molar-refractivity contribution is 6.42. The largest absolute Gasteiger partial charge is 0.489 e. The highest BCUT2D eigenvalue weighted by Crippen LogP contribution is 2.31.